The number of hydrogen-bond acceptors (Lipinski definition) is 4. The molecule has 2 heterocycles. The Morgan fingerprint density at radius 3 is 2.58 bits per heavy atom. The SMILES string of the molecule is O=C1S/C(=C/c2ccc(-c3ccccc3)o2)C(=O)N1CC1CCCCC1. The number of hydrogen-bond donors (Lipinski definition) is 0. The molecule has 0 spiro atoms. The summed E-state index contributed by atoms with van der Waals surface area (Å²) in [6.07, 6.45) is 7.56. The predicted octanol–water partition coefficient (Wildman–Crippen LogP) is 5.56. The molecule has 0 N–H and O–H groups in total. The van der Waals surface area contributed by atoms with Crippen molar-refractivity contribution in [1.82, 2.24) is 4.90 Å². The van der Waals surface area contributed by atoms with Gasteiger partial charge in [-0.2, -0.15) is 0 Å². The molecule has 1 saturated carbocycles. The number of rotatable bonds is 4. The maximum absolute atomic E-state index is 12.6. The lowest BCUT2D eigenvalue weighted by atomic mass is 9.89. The number of amides is 2. The van der Waals surface area contributed by atoms with E-state index in [1.807, 2.05) is 42.5 Å². The summed E-state index contributed by atoms with van der Waals surface area (Å²) in [5.41, 5.74) is 0.984. The van der Waals surface area contributed by atoms with Crippen molar-refractivity contribution in [3.05, 3.63) is 53.1 Å². The molecule has 2 aromatic rings. The molecule has 2 fully saturated rings. The molecular weight excluding hydrogens is 346 g/mol. The van der Waals surface area contributed by atoms with Crippen LogP contribution in [0.1, 0.15) is 37.9 Å². The van der Waals surface area contributed by atoms with Crippen molar-refractivity contribution in [2.45, 2.75) is 32.1 Å². The Bertz CT molecular complexity index is 834. The van der Waals surface area contributed by atoms with E-state index in [1.54, 1.807) is 6.08 Å². The minimum absolute atomic E-state index is 0.165. The highest BCUT2D eigenvalue weighted by molar-refractivity contribution is 8.18. The molecule has 26 heavy (non-hydrogen) atoms. The number of carbonyl (C=O) groups is 2. The largest absolute Gasteiger partial charge is 0.457 e. The lowest BCUT2D eigenvalue weighted by Crippen LogP contribution is -2.34. The molecule has 1 aliphatic heterocycles. The van der Waals surface area contributed by atoms with Crippen molar-refractivity contribution in [3.63, 3.8) is 0 Å². The molecule has 1 aromatic heterocycles. The van der Waals surface area contributed by atoms with Crippen molar-refractivity contribution in [2.75, 3.05) is 6.54 Å². The van der Waals surface area contributed by atoms with Gasteiger partial charge in [0.05, 0.1) is 4.91 Å². The van der Waals surface area contributed by atoms with Crippen LogP contribution < -0.4 is 0 Å². The van der Waals surface area contributed by atoms with Gasteiger partial charge in [-0.15, -0.1) is 0 Å². The van der Waals surface area contributed by atoms with Gasteiger partial charge in [0.15, 0.2) is 0 Å². The molecule has 5 heteroatoms. The van der Waals surface area contributed by atoms with Gasteiger partial charge in [0.2, 0.25) is 0 Å². The van der Waals surface area contributed by atoms with E-state index in [2.05, 4.69) is 0 Å². The van der Waals surface area contributed by atoms with Crippen LogP contribution in [-0.4, -0.2) is 22.6 Å². The molecule has 2 aliphatic rings. The van der Waals surface area contributed by atoms with E-state index >= 15 is 0 Å². The fraction of sp³-hybridized carbons (Fsp3) is 0.333. The van der Waals surface area contributed by atoms with Crippen LogP contribution in [-0.2, 0) is 4.79 Å². The summed E-state index contributed by atoms with van der Waals surface area (Å²) < 4.78 is 5.83. The summed E-state index contributed by atoms with van der Waals surface area (Å²) in [5, 5.41) is -0.165. The Kier molecular flexibility index (Phi) is 4.98. The van der Waals surface area contributed by atoms with Gasteiger partial charge >= 0.3 is 0 Å². The standard InChI is InChI=1S/C21H21NO3S/c23-20-19(26-21(24)22(20)14-15-7-3-1-4-8-15)13-17-11-12-18(25-17)16-9-5-2-6-10-16/h2,5-6,9-13,15H,1,3-4,7-8,14H2/b19-13+. The normalized spacial score (nSPS) is 20.3. The van der Waals surface area contributed by atoms with Gasteiger partial charge in [-0.1, -0.05) is 49.6 Å². The number of benzene rings is 1. The van der Waals surface area contributed by atoms with Crippen LogP contribution in [0.3, 0.4) is 0 Å². The van der Waals surface area contributed by atoms with Crippen LogP contribution in [0.4, 0.5) is 4.79 Å². The van der Waals surface area contributed by atoms with Crippen molar-refractivity contribution in [3.8, 4) is 11.3 Å². The van der Waals surface area contributed by atoms with E-state index in [1.165, 1.54) is 24.2 Å². The Hall–Kier alpha value is -2.27. The smallest absolute Gasteiger partial charge is 0.293 e. The van der Waals surface area contributed by atoms with Crippen LogP contribution in [0.15, 0.2) is 51.8 Å². The average molecular weight is 367 g/mol. The van der Waals surface area contributed by atoms with E-state index in [9.17, 15) is 9.59 Å². The first-order valence-corrected chi connectivity index (χ1v) is 9.93. The van der Waals surface area contributed by atoms with Crippen LogP contribution in [0, 0.1) is 5.92 Å². The first-order valence-electron chi connectivity index (χ1n) is 9.11. The Labute approximate surface area is 157 Å². The number of nitrogens with zero attached hydrogens (tertiary/aromatic N) is 1. The molecule has 0 unspecified atom stereocenters. The van der Waals surface area contributed by atoms with E-state index in [0.29, 0.717) is 23.1 Å². The third kappa shape index (κ3) is 3.63. The predicted molar refractivity (Wildman–Crippen MR) is 103 cm³/mol. The van der Waals surface area contributed by atoms with Crippen LogP contribution >= 0.6 is 11.8 Å². The topological polar surface area (TPSA) is 50.5 Å². The van der Waals surface area contributed by atoms with Crippen molar-refractivity contribution in [1.29, 1.82) is 0 Å². The summed E-state index contributed by atoms with van der Waals surface area (Å²) in [6.45, 7) is 0.551. The van der Waals surface area contributed by atoms with Crippen LogP contribution in [0.5, 0.6) is 0 Å². The molecule has 1 saturated heterocycles. The molecule has 0 atom stereocenters. The Morgan fingerprint density at radius 1 is 1.04 bits per heavy atom. The zero-order chi connectivity index (χ0) is 17.9. The highest BCUT2D eigenvalue weighted by atomic mass is 32.2. The molecule has 4 rings (SSSR count). The van der Waals surface area contributed by atoms with Gasteiger partial charge in [-0.05, 0) is 42.7 Å². The first-order chi connectivity index (χ1) is 12.7. The molecule has 1 aliphatic carbocycles. The van der Waals surface area contributed by atoms with Gasteiger partial charge in [0.1, 0.15) is 11.5 Å². The van der Waals surface area contributed by atoms with E-state index in [0.717, 1.165) is 35.9 Å². The zero-order valence-corrected chi connectivity index (χ0v) is 15.3. The first kappa shape index (κ1) is 17.2. The summed E-state index contributed by atoms with van der Waals surface area (Å²) in [6, 6.07) is 13.5. The molecule has 0 bridgehead atoms. The van der Waals surface area contributed by atoms with Crippen molar-refractivity contribution < 1.29 is 14.0 Å². The van der Waals surface area contributed by atoms with Gasteiger partial charge in [-0.25, -0.2) is 0 Å². The van der Waals surface area contributed by atoms with E-state index in [-0.39, 0.29) is 11.1 Å². The molecule has 2 amide bonds. The maximum atomic E-state index is 12.6. The van der Waals surface area contributed by atoms with Crippen LogP contribution in [0.2, 0.25) is 0 Å². The molecular formula is C21H21NO3S. The minimum Gasteiger partial charge on any atom is -0.457 e. The number of thioether (sulfide) groups is 1. The summed E-state index contributed by atoms with van der Waals surface area (Å²) >= 11 is 1.01. The van der Waals surface area contributed by atoms with Gasteiger partial charge in [-0.3, -0.25) is 14.5 Å². The number of furan rings is 1. The number of imide groups is 1. The van der Waals surface area contributed by atoms with E-state index in [4.69, 9.17) is 4.42 Å². The number of carbonyl (C=O) groups excluding carboxylic acids is 2. The molecule has 1 aromatic carbocycles. The summed E-state index contributed by atoms with van der Waals surface area (Å²) in [7, 11) is 0. The quantitative estimate of drug-likeness (QED) is 0.664. The molecule has 134 valence electrons. The third-order valence-electron chi connectivity index (χ3n) is 5.00. The monoisotopic (exact) mass is 367 g/mol. The van der Waals surface area contributed by atoms with Gasteiger partial charge in [0, 0.05) is 18.2 Å². The summed E-state index contributed by atoms with van der Waals surface area (Å²) in [4.78, 5) is 26.8. The minimum atomic E-state index is -0.191. The second-order valence-corrected chi connectivity index (χ2v) is 7.86. The lowest BCUT2D eigenvalue weighted by Gasteiger charge is -2.25. The Morgan fingerprint density at radius 2 is 1.81 bits per heavy atom. The second-order valence-electron chi connectivity index (χ2n) is 6.86. The fourth-order valence-corrected chi connectivity index (χ4v) is 4.43. The van der Waals surface area contributed by atoms with Gasteiger partial charge < -0.3 is 4.42 Å². The van der Waals surface area contributed by atoms with Crippen LogP contribution in [0.25, 0.3) is 17.4 Å². The lowest BCUT2D eigenvalue weighted by molar-refractivity contribution is -0.123. The maximum Gasteiger partial charge on any atom is 0.293 e. The summed E-state index contributed by atoms with van der Waals surface area (Å²) in [5.74, 6) is 1.60. The molecule has 4 nitrogen and oxygen atoms in total. The zero-order valence-electron chi connectivity index (χ0n) is 14.5. The third-order valence-corrected chi connectivity index (χ3v) is 5.90. The highest BCUT2D eigenvalue weighted by Gasteiger charge is 2.36. The van der Waals surface area contributed by atoms with E-state index < -0.39 is 0 Å². The fourth-order valence-electron chi connectivity index (χ4n) is 3.60. The Balaban J connectivity index is 1.48. The van der Waals surface area contributed by atoms with Crippen molar-refractivity contribution in [2.24, 2.45) is 5.92 Å². The van der Waals surface area contributed by atoms with Crippen molar-refractivity contribution >= 4 is 29.0 Å². The highest BCUT2D eigenvalue weighted by Crippen LogP contribution is 2.35. The van der Waals surface area contributed by atoms with Gasteiger partial charge in [0.25, 0.3) is 11.1 Å². The average Bonchev–Trinajstić information content (AvgIpc) is 3.24. The molecule has 0 radical (unpaired) electrons. The second kappa shape index (κ2) is 7.54.